The Morgan fingerprint density at radius 3 is 2.86 bits per heavy atom. The van der Waals surface area contributed by atoms with E-state index >= 15 is 0 Å². The van der Waals surface area contributed by atoms with Crippen LogP contribution in [-0.2, 0) is 4.79 Å². The van der Waals surface area contributed by atoms with E-state index in [0.29, 0.717) is 18.5 Å². The fraction of sp³-hybridized carbons (Fsp3) is 0.385. The van der Waals surface area contributed by atoms with Gasteiger partial charge in [0.2, 0.25) is 5.91 Å². The zero-order chi connectivity index (χ0) is 15.4. The zero-order valence-corrected chi connectivity index (χ0v) is 11.6. The number of amidine groups is 1. The summed E-state index contributed by atoms with van der Waals surface area (Å²) in [7, 11) is 1.55. The first-order valence-corrected chi connectivity index (χ1v) is 6.55. The molecule has 0 bridgehead atoms. The number of amides is 2. The van der Waals surface area contributed by atoms with Crippen molar-refractivity contribution in [2.45, 2.75) is 18.9 Å². The van der Waals surface area contributed by atoms with Crippen molar-refractivity contribution in [3.63, 3.8) is 0 Å². The molecule has 0 radical (unpaired) electrons. The second-order valence-corrected chi connectivity index (χ2v) is 4.69. The van der Waals surface area contributed by atoms with Gasteiger partial charge in [-0.05, 0) is 25.0 Å². The van der Waals surface area contributed by atoms with Gasteiger partial charge in [-0.3, -0.25) is 14.6 Å². The summed E-state index contributed by atoms with van der Waals surface area (Å²) in [6.45, 7) is 0.528. The van der Waals surface area contributed by atoms with Crippen LogP contribution in [0.2, 0.25) is 0 Å². The van der Waals surface area contributed by atoms with Crippen molar-refractivity contribution in [1.82, 2.24) is 15.2 Å². The molecular weight excluding hydrogens is 274 g/mol. The van der Waals surface area contributed by atoms with E-state index in [4.69, 9.17) is 10.9 Å². The summed E-state index contributed by atoms with van der Waals surface area (Å²) in [6.07, 6.45) is 2.78. The molecule has 0 saturated carbocycles. The van der Waals surface area contributed by atoms with E-state index in [0.717, 1.165) is 6.42 Å². The molecular formula is C13H17N5O3. The zero-order valence-electron chi connectivity index (χ0n) is 11.6. The van der Waals surface area contributed by atoms with Crippen molar-refractivity contribution in [1.29, 1.82) is 0 Å². The molecule has 0 aromatic carbocycles. The summed E-state index contributed by atoms with van der Waals surface area (Å²) >= 11 is 0. The van der Waals surface area contributed by atoms with Crippen molar-refractivity contribution in [2.75, 3.05) is 13.6 Å². The first-order chi connectivity index (χ1) is 10.1. The van der Waals surface area contributed by atoms with Gasteiger partial charge in [0.05, 0.1) is 0 Å². The van der Waals surface area contributed by atoms with Crippen LogP contribution in [0.15, 0.2) is 23.5 Å². The predicted molar refractivity (Wildman–Crippen MR) is 74.9 cm³/mol. The molecule has 0 aliphatic carbocycles. The number of carbonyl (C=O) groups excluding carboxylic acids is 2. The normalized spacial score (nSPS) is 18.6. The maximum Gasteiger partial charge on any atom is 0.273 e. The van der Waals surface area contributed by atoms with Crippen LogP contribution in [0.1, 0.15) is 28.9 Å². The van der Waals surface area contributed by atoms with Crippen LogP contribution in [0.25, 0.3) is 0 Å². The molecule has 1 saturated heterocycles. The van der Waals surface area contributed by atoms with Gasteiger partial charge < -0.3 is 21.2 Å². The molecule has 8 heteroatoms. The van der Waals surface area contributed by atoms with E-state index in [1.54, 1.807) is 13.1 Å². The third-order valence-corrected chi connectivity index (χ3v) is 3.45. The fourth-order valence-corrected chi connectivity index (χ4v) is 2.33. The summed E-state index contributed by atoms with van der Waals surface area (Å²) in [5, 5.41) is 14.0. The van der Waals surface area contributed by atoms with E-state index < -0.39 is 6.04 Å². The van der Waals surface area contributed by atoms with Crippen LogP contribution in [0, 0.1) is 0 Å². The van der Waals surface area contributed by atoms with E-state index in [9.17, 15) is 9.59 Å². The molecule has 1 aliphatic rings. The largest absolute Gasteiger partial charge is 0.409 e. The van der Waals surface area contributed by atoms with Gasteiger partial charge in [-0.25, -0.2) is 0 Å². The van der Waals surface area contributed by atoms with Crippen molar-refractivity contribution in [3.05, 3.63) is 29.6 Å². The van der Waals surface area contributed by atoms with Gasteiger partial charge >= 0.3 is 0 Å². The maximum atomic E-state index is 12.4. The van der Waals surface area contributed by atoms with Crippen LogP contribution in [0.3, 0.4) is 0 Å². The highest BCUT2D eigenvalue weighted by Gasteiger charge is 2.34. The minimum Gasteiger partial charge on any atom is -0.409 e. The predicted octanol–water partition coefficient (Wildman–Crippen LogP) is -0.473. The summed E-state index contributed by atoms with van der Waals surface area (Å²) < 4.78 is 0. The van der Waals surface area contributed by atoms with Gasteiger partial charge in [0, 0.05) is 25.4 Å². The number of nitrogens with two attached hydrogens (primary N) is 1. The lowest BCUT2D eigenvalue weighted by Crippen LogP contribution is -2.45. The van der Waals surface area contributed by atoms with Gasteiger partial charge in [0.25, 0.3) is 5.91 Å². The lowest BCUT2D eigenvalue weighted by molar-refractivity contribution is -0.124. The number of nitrogens with one attached hydrogen (secondary N) is 1. The van der Waals surface area contributed by atoms with E-state index in [1.165, 1.54) is 17.2 Å². The molecule has 2 amide bonds. The third-order valence-electron chi connectivity index (χ3n) is 3.45. The fourth-order valence-electron chi connectivity index (χ4n) is 2.33. The van der Waals surface area contributed by atoms with Gasteiger partial charge in [-0.2, -0.15) is 0 Å². The van der Waals surface area contributed by atoms with Crippen LogP contribution in [0.4, 0.5) is 0 Å². The molecule has 2 rings (SSSR count). The number of likely N-dealkylation sites (N-methyl/N-ethyl adjacent to an activating group) is 1. The van der Waals surface area contributed by atoms with Gasteiger partial charge in [0.1, 0.15) is 11.7 Å². The quantitative estimate of drug-likeness (QED) is 0.301. The number of hydrogen-bond acceptors (Lipinski definition) is 5. The molecule has 1 aromatic rings. The smallest absolute Gasteiger partial charge is 0.273 e. The Balaban J connectivity index is 2.18. The lowest BCUT2D eigenvalue weighted by Gasteiger charge is -2.22. The standard InChI is InChI=1S/C13H17N5O3/c1-15-12(19)10-3-2-6-18(10)13(20)9-5-4-8(7-16-9)11(14)17-21/h4-5,7,10,21H,2-3,6H2,1H3,(H2,14,17)(H,15,19). The summed E-state index contributed by atoms with van der Waals surface area (Å²) in [5.74, 6) is -0.549. The van der Waals surface area contributed by atoms with Crippen molar-refractivity contribution in [3.8, 4) is 0 Å². The molecule has 112 valence electrons. The first kappa shape index (κ1) is 14.8. The molecule has 21 heavy (non-hydrogen) atoms. The number of hydrogen-bond donors (Lipinski definition) is 3. The maximum absolute atomic E-state index is 12.4. The van der Waals surface area contributed by atoms with E-state index in [2.05, 4.69) is 15.5 Å². The number of oxime groups is 1. The lowest BCUT2D eigenvalue weighted by atomic mass is 10.2. The van der Waals surface area contributed by atoms with Gasteiger partial charge in [-0.15, -0.1) is 0 Å². The summed E-state index contributed by atoms with van der Waals surface area (Å²) in [6, 6.07) is 2.59. The van der Waals surface area contributed by atoms with Crippen molar-refractivity contribution in [2.24, 2.45) is 10.9 Å². The SMILES string of the molecule is CNC(=O)C1CCCN1C(=O)c1ccc(C(N)=NO)cn1. The molecule has 0 spiro atoms. The Kier molecular flexibility index (Phi) is 4.36. The number of nitrogens with zero attached hydrogens (tertiary/aromatic N) is 3. The van der Waals surface area contributed by atoms with Crippen molar-refractivity contribution >= 4 is 17.6 Å². The Morgan fingerprint density at radius 2 is 2.29 bits per heavy atom. The minimum atomic E-state index is -0.451. The molecule has 1 fully saturated rings. The van der Waals surface area contributed by atoms with E-state index in [-0.39, 0.29) is 23.3 Å². The highest BCUT2D eigenvalue weighted by molar-refractivity contribution is 5.99. The molecule has 8 nitrogen and oxygen atoms in total. The number of aromatic nitrogens is 1. The highest BCUT2D eigenvalue weighted by Crippen LogP contribution is 2.19. The monoisotopic (exact) mass is 291 g/mol. The van der Waals surface area contributed by atoms with Crippen LogP contribution < -0.4 is 11.1 Å². The molecule has 2 heterocycles. The van der Waals surface area contributed by atoms with Gasteiger partial charge in [-0.1, -0.05) is 5.16 Å². The van der Waals surface area contributed by atoms with Crippen LogP contribution in [0.5, 0.6) is 0 Å². The first-order valence-electron chi connectivity index (χ1n) is 6.55. The molecule has 4 N–H and O–H groups in total. The van der Waals surface area contributed by atoms with Crippen LogP contribution in [-0.4, -0.2) is 52.4 Å². The average molecular weight is 291 g/mol. The van der Waals surface area contributed by atoms with Gasteiger partial charge in [0.15, 0.2) is 5.84 Å². The Morgan fingerprint density at radius 1 is 1.52 bits per heavy atom. The Hall–Kier alpha value is -2.64. The third kappa shape index (κ3) is 2.93. The number of rotatable bonds is 3. The average Bonchev–Trinajstić information content (AvgIpc) is 3.02. The summed E-state index contributed by atoms with van der Waals surface area (Å²) in [5.41, 5.74) is 6.07. The van der Waals surface area contributed by atoms with Crippen molar-refractivity contribution < 1.29 is 14.8 Å². The number of pyridine rings is 1. The Labute approximate surface area is 121 Å². The highest BCUT2D eigenvalue weighted by atomic mass is 16.4. The Bertz CT molecular complexity index is 570. The molecule has 1 atom stereocenters. The molecule has 1 aromatic heterocycles. The second-order valence-electron chi connectivity index (χ2n) is 4.69. The van der Waals surface area contributed by atoms with Crippen LogP contribution >= 0.6 is 0 Å². The number of carbonyl (C=O) groups is 2. The number of likely N-dealkylation sites (tertiary alicyclic amines) is 1. The topological polar surface area (TPSA) is 121 Å². The second kappa shape index (κ2) is 6.21. The minimum absolute atomic E-state index is 0.0779. The summed E-state index contributed by atoms with van der Waals surface area (Å²) in [4.78, 5) is 29.7. The molecule has 1 unspecified atom stereocenters. The molecule has 1 aliphatic heterocycles. The van der Waals surface area contributed by atoms with E-state index in [1.807, 2.05) is 0 Å².